The van der Waals surface area contributed by atoms with Crippen molar-refractivity contribution in [1.82, 2.24) is 10.0 Å². The minimum Gasteiger partial charge on any atom is -0.384 e. The number of hydrogen-bond donors (Lipinski definition) is 2. The van der Waals surface area contributed by atoms with Crippen LogP contribution in [0.25, 0.3) is 0 Å². The van der Waals surface area contributed by atoms with Crippen LogP contribution >= 0.6 is 12.4 Å². The molecule has 1 saturated heterocycles. The van der Waals surface area contributed by atoms with Crippen molar-refractivity contribution in [3.63, 3.8) is 0 Å². The lowest BCUT2D eigenvalue weighted by atomic mass is 10.1. The molecule has 7 heteroatoms. The minimum absolute atomic E-state index is 0. The lowest BCUT2D eigenvalue weighted by Crippen LogP contribution is -2.46. The molecule has 1 fully saturated rings. The zero-order chi connectivity index (χ0) is 10.4. The molecule has 0 aromatic rings. The van der Waals surface area contributed by atoms with E-state index in [2.05, 4.69) is 10.0 Å². The van der Waals surface area contributed by atoms with Gasteiger partial charge in [0.15, 0.2) is 0 Å². The van der Waals surface area contributed by atoms with Crippen LogP contribution < -0.4 is 10.0 Å². The average molecular weight is 259 g/mol. The van der Waals surface area contributed by atoms with Gasteiger partial charge in [-0.1, -0.05) is 0 Å². The fourth-order valence-corrected chi connectivity index (χ4v) is 2.67. The van der Waals surface area contributed by atoms with E-state index in [-0.39, 0.29) is 30.8 Å². The maximum atomic E-state index is 11.4. The molecule has 0 aromatic carbocycles. The van der Waals surface area contributed by atoms with Gasteiger partial charge in [0.05, 0.1) is 12.4 Å². The monoisotopic (exact) mass is 258 g/mol. The van der Waals surface area contributed by atoms with Gasteiger partial charge in [0.25, 0.3) is 0 Å². The van der Waals surface area contributed by atoms with Crippen LogP contribution in [0.5, 0.6) is 0 Å². The summed E-state index contributed by atoms with van der Waals surface area (Å²) < 4.78 is 30.3. The van der Waals surface area contributed by atoms with E-state index in [9.17, 15) is 8.42 Å². The molecule has 92 valence electrons. The molecule has 15 heavy (non-hydrogen) atoms. The van der Waals surface area contributed by atoms with Gasteiger partial charge in [-0.2, -0.15) is 0 Å². The fraction of sp³-hybridized carbons (Fsp3) is 1.00. The van der Waals surface area contributed by atoms with Crippen LogP contribution in [0.3, 0.4) is 0 Å². The Balaban J connectivity index is 0.00000196. The van der Waals surface area contributed by atoms with Gasteiger partial charge >= 0.3 is 0 Å². The summed E-state index contributed by atoms with van der Waals surface area (Å²) in [5.41, 5.74) is 0. The first kappa shape index (κ1) is 15.1. The van der Waals surface area contributed by atoms with Crippen molar-refractivity contribution in [3.8, 4) is 0 Å². The molecule has 2 N–H and O–H groups in total. The normalized spacial score (nSPS) is 22.1. The second-order valence-corrected chi connectivity index (χ2v) is 5.35. The number of nitrogens with one attached hydrogen (secondary N) is 2. The Morgan fingerprint density at radius 3 is 2.80 bits per heavy atom. The van der Waals surface area contributed by atoms with Crippen LogP contribution in [0.15, 0.2) is 0 Å². The van der Waals surface area contributed by atoms with E-state index in [0.29, 0.717) is 0 Å². The van der Waals surface area contributed by atoms with Gasteiger partial charge in [-0.25, -0.2) is 13.1 Å². The van der Waals surface area contributed by atoms with Crippen molar-refractivity contribution >= 4 is 22.4 Å². The predicted molar refractivity (Wildman–Crippen MR) is 61.9 cm³/mol. The molecule has 0 aliphatic carbocycles. The molecular weight excluding hydrogens is 240 g/mol. The molecule has 5 nitrogen and oxygen atoms in total. The molecule has 1 aliphatic rings. The van der Waals surface area contributed by atoms with Crippen molar-refractivity contribution in [2.24, 2.45) is 0 Å². The third kappa shape index (κ3) is 6.32. The standard InChI is InChI=1S/C8H18N2O3S.ClH/c1-13-5-6-14(11,12)10-8-3-2-4-9-7-8;/h8-10H,2-7H2,1H3;1H. The highest BCUT2D eigenvalue weighted by Crippen LogP contribution is 2.02. The largest absolute Gasteiger partial charge is 0.384 e. The SMILES string of the molecule is COCCS(=O)(=O)NC1CCCNC1.Cl. The van der Waals surface area contributed by atoms with Crippen LogP contribution in [0.1, 0.15) is 12.8 Å². The Labute approximate surface area is 97.4 Å². The number of piperidine rings is 1. The molecule has 1 atom stereocenters. The number of methoxy groups -OCH3 is 1. The Morgan fingerprint density at radius 1 is 1.53 bits per heavy atom. The summed E-state index contributed by atoms with van der Waals surface area (Å²) in [6, 6.07) is 0.0469. The lowest BCUT2D eigenvalue weighted by Gasteiger charge is -2.23. The Hall–Kier alpha value is 0.120. The Kier molecular flexibility index (Phi) is 7.46. The van der Waals surface area contributed by atoms with Gasteiger partial charge in [-0.05, 0) is 19.4 Å². The molecule has 1 unspecified atom stereocenters. The van der Waals surface area contributed by atoms with E-state index in [1.54, 1.807) is 0 Å². The van der Waals surface area contributed by atoms with E-state index in [4.69, 9.17) is 4.74 Å². The van der Waals surface area contributed by atoms with Gasteiger partial charge in [0.2, 0.25) is 10.0 Å². The van der Waals surface area contributed by atoms with Crippen LogP contribution in [0, 0.1) is 0 Å². The van der Waals surface area contributed by atoms with Gasteiger partial charge in [-0.15, -0.1) is 12.4 Å². The lowest BCUT2D eigenvalue weighted by molar-refractivity contribution is 0.216. The van der Waals surface area contributed by atoms with Gasteiger partial charge in [0.1, 0.15) is 0 Å². The summed E-state index contributed by atoms with van der Waals surface area (Å²) in [4.78, 5) is 0. The zero-order valence-corrected chi connectivity index (χ0v) is 10.5. The highest BCUT2D eigenvalue weighted by molar-refractivity contribution is 7.89. The highest BCUT2D eigenvalue weighted by Gasteiger charge is 2.19. The third-order valence-corrected chi connectivity index (χ3v) is 3.60. The minimum atomic E-state index is -3.16. The number of sulfonamides is 1. The first-order chi connectivity index (χ1) is 6.64. The van der Waals surface area contributed by atoms with E-state index in [1.165, 1.54) is 7.11 Å². The van der Waals surface area contributed by atoms with Gasteiger partial charge < -0.3 is 10.1 Å². The summed E-state index contributed by atoms with van der Waals surface area (Å²) in [5.74, 6) is 0.0417. The maximum absolute atomic E-state index is 11.4. The van der Waals surface area contributed by atoms with Crippen molar-refractivity contribution < 1.29 is 13.2 Å². The van der Waals surface area contributed by atoms with E-state index in [0.717, 1.165) is 25.9 Å². The molecule has 0 bridgehead atoms. The summed E-state index contributed by atoms with van der Waals surface area (Å²) in [6.07, 6.45) is 1.94. The van der Waals surface area contributed by atoms with Gasteiger partial charge in [0, 0.05) is 19.7 Å². The molecule has 0 amide bonds. The summed E-state index contributed by atoms with van der Waals surface area (Å²) in [7, 11) is -1.66. The molecule has 0 aromatic heterocycles. The molecule has 0 radical (unpaired) electrons. The van der Waals surface area contributed by atoms with Crippen LogP contribution in [-0.2, 0) is 14.8 Å². The Morgan fingerprint density at radius 2 is 2.27 bits per heavy atom. The summed E-state index contributed by atoms with van der Waals surface area (Å²) in [6.45, 7) is 1.96. The first-order valence-electron chi connectivity index (χ1n) is 4.84. The first-order valence-corrected chi connectivity index (χ1v) is 6.49. The molecule has 1 rings (SSSR count). The molecule has 1 aliphatic heterocycles. The third-order valence-electron chi connectivity index (χ3n) is 2.20. The highest BCUT2D eigenvalue weighted by atomic mass is 35.5. The van der Waals surface area contributed by atoms with E-state index >= 15 is 0 Å². The smallest absolute Gasteiger partial charge is 0.214 e. The zero-order valence-electron chi connectivity index (χ0n) is 8.86. The van der Waals surface area contributed by atoms with E-state index < -0.39 is 10.0 Å². The fourth-order valence-electron chi connectivity index (χ4n) is 1.46. The van der Waals surface area contributed by atoms with Gasteiger partial charge in [-0.3, -0.25) is 0 Å². The molecular formula is C8H19ClN2O3S. The van der Waals surface area contributed by atoms with Crippen LogP contribution in [-0.4, -0.2) is 47.0 Å². The van der Waals surface area contributed by atoms with Crippen LogP contribution in [0.2, 0.25) is 0 Å². The second-order valence-electron chi connectivity index (χ2n) is 3.47. The Bertz CT molecular complexity index is 253. The maximum Gasteiger partial charge on any atom is 0.214 e. The summed E-state index contributed by atoms with van der Waals surface area (Å²) in [5, 5.41) is 3.16. The number of rotatable bonds is 5. The van der Waals surface area contributed by atoms with Crippen molar-refractivity contribution in [2.75, 3.05) is 32.6 Å². The number of ether oxygens (including phenoxy) is 1. The number of halogens is 1. The average Bonchev–Trinajstić information content (AvgIpc) is 2.16. The topological polar surface area (TPSA) is 67.4 Å². The van der Waals surface area contributed by atoms with Crippen molar-refractivity contribution in [1.29, 1.82) is 0 Å². The summed E-state index contributed by atoms with van der Waals surface area (Å²) >= 11 is 0. The quantitative estimate of drug-likeness (QED) is 0.712. The van der Waals surface area contributed by atoms with Crippen molar-refractivity contribution in [2.45, 2.75) is 18.9 Å². The van der Waals surface area contributed by atoms with E-state index in [1.807, 2.05) is 0 Å². The molecule has 1 heterocycles. The predicted octanol–water partition coefficient (Wildman–Crippen LogP) is -0.274. The molecule has 0 spiro atoms. The van der Waals surface area contributed by atoms with Crippen molar-refractivity contribution in [3.05, 3.63) is 0 Å². The molecule has 0 saturated carbocycles. The second kappa shape index (κ2) is 7.40. The number of hydrogen-bond acceptors (Lipinski definition) is 4. The van der Waals surface area contributed by atoms with Crippen LogP contribution in [0.4, 0.5) is 0 Å².